The third kappa shape index (κ3) is 2.59. The summed E-state index contributed by atoms with van der Waals surface area (Å²) in [4.78, 5) is 0. The molecule has 2 rings (SSSR count). The zero-order chi connectivity index (χ0) is 13.0. The quantitative estimate of drug-likeness (QED) is 0.775. The van der Waals surface area contributed by atoms with Crippen LogP contribution < -0.4 is 9.47 Å². The minimum atomic E-state index is -0.230. The molecule has 0 aliphatic rings. The monoisotopic (exact) mass is 262 g/mol. The molecule has 0 fully saturated rings. The molecule has 2 nitrogen and oxygen atoms in total. The Labute approximate surface area is 112 Å². The maximum absolute atomic E-state index is 6.49. The number of halogens is 1. The van der Waals surface area contributed by atoms with E-state index >= 15 is 0 Å². The lowest BCUT2D eigenvalue weighted by molar-refractivity contribution is 0.410. The second-order valence-corrected chi connectivity index (χ2v) is 4.31. The van der Waals surface area contributed by atoms with E-state index < -0.39 is 0 Å². The number of para-hydroxylation sites is 1. The molecule has 0 N–H and O–H groups in total. The van der Waals surface area contributed by atoms with Crippen LogP contribution in [-0.4, -0.2) is 14.2 Å². The SMILES string of the molecule is COc1ccc(C(Cl)c2ccccc2OC)cc1. The smallest absolute Gasteiger partial charge is 0.123 e. The van der Waals surface area contributed by atoms with Crippen LogP contribution in [0.25, 0.3) is 0 Å². The first-order valence-corrected chi connectivity index (χ1v) is 6.11. The van der Waals surface area contributed by atoms with E-state index in [0.717, 1.165) is 22.6 Å². The predicted octanol–water partition coefficient (Wildman–Crippen LogP) is 4.03. The molecule has 0 amide bonds. The van der Waals surface area contributed by atoms with Crippen molar-refractivity contribution in [2.24, 2.45) is 0 Å². The van der Waals surface area contributed by atoms with E-state index in [0.29, 0.717) is 0 Å². The van der Waals surface area contributed by atoms with Gasteiger partial charge in [0.25, 0.3) is 0 Å². The van der Waals surface area contributed by atoms with Gasteiger partial charge in [0.05, 0.1) is 19.6 Å². The fraction of sp³-hybridized carbons (Fsp3) is 0.200. The van der Waals surface area contributed by atoms with Crippen molar-refractivity contribution in [1.82, 2.24) is 0 Å². The van der Waals surface area contributed by atoms with Gasteiger partial charge in [-0.1, -0.05) is 30.3 Å². The zero-order valence-electron chi connectivity index (χ0n) is 10.4. The van der Waals surface area contributed by atoms with Gasteiger partial charge < -0.3 is 9.47 Å². The minimum absolute atomic E-state index is 0.230. The van der Waals surface area contributed by atoms with Crippen molar-refractivity contribution >= 4 is 11.6 Å². The second kappa shape index (κ2) is 5.78. The molecule has 1 atom stereocenters. The molecule has 0 saturated carbocycles. The molecule has 0 spiro atoms. The van der Waals surface area contributed by atoms with E-state index in [2.05, 4.69) is 0 Å². The van der Waals surface area contributed by atoms with Gasteiger partial charge in [-0.15, -0.1) is 11.6 Å². The molecule has 0 aliphatic carbocycles. The molecule has 2 aromatic rings. The highest BCUT2D eigenvalue weighted by Gasteiger charge is 2.14. The van der Waals surface area contributed by atoms with Crippen LogP contribution in [0.2, 0.25) is 0 Å². The summed E-state index contributed by atoms with van der Waals surface area (Å²) in [5.41, 5.74) is 1.98. The summed E-state index contributed by atoms with van der Waals surface area (Å²) in [5, 5.41) is -0.230. The molecule has 0 aromatic heterocycles. The van der Waals surface area contributed by atoms with Crippen LogP contribution in [0, 0.1) is 0 Å². The molecule has 1 unspecified atom stereocenters. The molecule has 3 heteroatoms. The van der Waals surface area contributed by atoms with E-state index in [1.54, 1.807) is 14.2 Å². The van der Waals surface area contributed by atoms with Crippen LogP contribution in [0.1, 0.15) is 16.5 Å². The molecular formula is C15H15ClO2. The largest absolute Gasteiger partial charge is 0.497 e. The first-order valence-electron chi connectivity index (χ1n) is 5.67. The Kier molecular flexibility index (Phi) is 4.11. The van der Waals surface area contributed by atoms with Gasteiger partial charge in [0.15, 0.2) is 0 Å². The fourth-order valence-corrected chi connectivity index (χ4v) is 2.15. The van der Waals surface area contributed by atoms with Crippen molar-refractivity contribution in [3.05, 3.63) is 59.7 Å². The molecule has 2 aromatic carbocycles. The van der Waals surface area contributed by atoms with Crippen LogP contribution in [0.5, 0.6) is 11.5 Å². The van der Waals surface area contributed by atoms with Crippen LogP contribution in [0.3, 0.4) is 0 Å². The molecule has 0 bridgehead atoms. The van der Waals surface area contributed by atoms with Gasteiger partial charge in [-0.3, -0.25) is 0 Å². The van der Waals surface area contributed by atoms with Gasteiger partial charge in [-0.05, 0) is 23.8 Å². The predicted molar refractivity (Wildman–Crippen MR) is 73.7 cm³/mol. The summed E-state index contributed by atoms with van der Waals surface area (Å²) in [6.45, 7) is 0. The molecule has 0 saturated heterocycles. The number of ether oxygens (including phenoxy) is 2. The molecular weight excluding hydrogens is 248 g/mol. The molecule has 94 valence electrons. The number of hydrogen-bond acceptors (Lipinski definition) is 2. The second-order valence-electron chi connectivity index (χ2n) is 3.88. The summed E-state index contributed by atoms with van der Waals surface area (Å²) < 4.78 is 10.5. The lowest BCUT2D eigenvalue weighted by Crippen LogP contribution is -1.97. The Hall–Kier alpha value is -1.67. The van der Waals surface area contributed by atoms with Gasteiger partial charge in [-0.2, -0.15) is 0 Å². The first-order chi connectivity index (χ1) is 8.76. The lowest BCUT2D eigenvalue weighted by Gasteiger charge is -2.14. The highest BCUT2D eigenvalue weighted by molar-refractivity contribution is 6.22. The van der Waals surface area contributed by atoms with Crippen molar-refractivity contribution in [3.8, 4) is 11.5 Å². The van der Waals surface area contributed by atoms with Crippen LogP contribution in [0.15, 0.2) is 48.5 Å². The summed E-state index contributed by atoms with van der Waals surface area (Å²) in [6, 6.07) is 15.5. The summed E-state index contributed by atoms with van der Waals surface area (Å²) >= 11 is 6.49. The Bertz CT molecular complexity index is 508. The standard InChI is InChI=1S/C15H15ClO2/c1-17-12-9-7-11(8-10-12)15(16)13-5-3-4-6-14(13)18-2/h3-10,15H,1-2H3. The van der Waals surface area contributed by atoms with Crippen LogP contribution >= 0.6 is 11.6 Å². The third-order valence-electron chi connectivity index (χ3n) is 2.82. The topological polar surface area (TPSA) is 18.5 Å². The number of rotatable bonds is 4. The Morgan fingerprint density at radius 3 is 2.17 bits per heavy atom. The maximum Gasteiger partial charge on any atom is 0.123 e. The van der Waals surface area contributed by atoms with Crippen molar-refractivity contribution in [1.29, 1.82) is 0 Å². The van der Waals surface area contributed by atoms with Crippen LogP contribution in [0.4, 0.5) is 0 Å². The highest BCUT2D eigenvalue weighted by atomic mass is 35.5. The Morgan fingerprint density at radius 2 is 1.56 bits per heavy atom. The van der Waals surface area contributed by atoms with E-state index in [1.165, 1.54) is 0 Å². The summed E-state index contributed by atoms with van der Waals surface area (Å²) in [6.07, 6.45) is 0. The van der Waals surface area contributed by atoms with Gasteiger partial charge >= 0.3 is 0 Å². The normalized spacial score (nSPS) is 11.9. The van der Waals surface area contributed by atoms with E-state index in [1.807, 2.05) is 48.5 Å². The van der Waals surface area contributed by atoms with E-state index in [9.17, 15) is 0 Å². The zero-order valence-corrected chi connectivity index (χ0v) is 11.1. The average molecular weight is 263 g/mol. The van der Waals surface area contributed by atoms with Crippen molar-refractivity contribution < 1.29 is 9.47 Å². The van der Waals surface area contributed by atoms with Gasteiger partial charge in [0, 0.05) is 5.56 Å². The van der Waals surface area contributed by atoms with Crippen molar-refractivity contribution in [2.45, 2.75) is 5.38 Å². The van der Waals surface area contributed by atoms with Crippen molar-refractivity contribution in [2.75, 3.05) is 14.2 Å². The summed E-state index contributed by atoms with van der Waals surface area (Å²) in [7, 11) is 3.30. The van der Waals surface area contributed by atoms with Gasteiger partial charge in [0.2, 0.25) is 0 Å². The van der Waals surface area contributed by atoms with Crippen LogP contribution in [-0.2, 0) is 0 Å². The number of benzene rings is 2. The van der Waals surface area contributed by atoms with Crippen molar-refractivity contribution in [3.63, 3.8) is 0 Å². The maximum atomic E-state index is 6.49. The van der Waals surface area contributed by atoms with E-state index in [-0.39, 0.29) is 5.38 Å². The fourth-order valence-electron chi connectivity index (χ4n) is 1.83. The third-order valence-corrected chi connectivity index (χ3v) is 3.31. The summed E-state index contributed by atoms with van der Waals surface area (Å²) in [5.74, 6) is 1.62. The molecule has 0 heterocycles. The number of alkyl halides is 1. The Morgan fingerprint density at radius 1 is 0.889 bits per heavy atom. The Balaban J connectivity index is 2.31. The minimum Gasteiger partial charge on any atom is -0.497 e. The highest BCUT2D eigenvalue weighted by Crippen LogP contribution is 2.35. The van der Waals surface area contributed by atoms with E-state index in [4.69, 9.17) is 21.1 Å². The first kappa shape index (κ1) is 12.8. The lowest BCUT2D eigenvalue weighted by atomic mass is 10.0. The van der Waals surface area contributed by atoms with Gasteiger partial charge in [0.1, 0.15) is 11.5 Å². The molecule has 18 heavy (non-hydrogen) atoms. The number of hydrogen-bond donors (Lipinski definition) is 0. The van der Waals surface area contributed by atoms with Gasteiger partial charge in [-0.25, -0.2) is 0 Å². The number of methoxy groups -OCH3 is 2. The molecule has 0 aliphatic heterocycles. The average Bonchev–Trinajstić information content (AvgIpc) is 2.46. The molecule has 0 radical (unpaired) electrons.